The Morgan fingerprint density at radius 2 is 1.85 bits per heavy atom. The number of nitrogens with one attached hydrogen (secondary N) is 1. The standard InChI is InChI=1S/C6H12O2.C3H9NSi/c1-5(2)6(7-3)8-4;1-2-4-5-3-1/h1-4H3;4H,1-3,5H2. The molecule has 1 fully saturated rings. The third kappa shape index (κ3) is 6.66. The number of methoxy groups -OCH3 is 2. The van der Waals surface area contributed by atoms with Crippen LogP contribution in [0, 0.1) is 0 Å². The van der Waals surface area contributed by atoms with Crippen molar-refractivity contribution in [1.29, 1.82) is 0 Å². The summed E-state index contributed by atoms with van der Waals surface area (Å²) in [6.45, 7) is 5.18. The van der Waals surface area contributed by atoms with Gasteiger partial charge >= 0.3 is 0 Å². The van der Waals surface area contributed by atoms with Crippen molar-refractivity contribution in [3.63, 3.8) is 0 Å². The van der Waals surface area contributed by atoms with E-state index in [0.717, 1.165) is 5.57 Å². The van der Waals surface area contributed by atoms with Crippen molar-refractivity contribution in [1.82, 2.24) is 4.98 Å². The Balaban J connectivity index is 0.000000243. The molecular weight excluding hydrogens is 182 g/mol. The van der Waals surface area contributed by atoms with Crippen LogP contribution >= 0.6 is 0 Å². The first-order valence-corrected chi connectivity index (χ1v) is 6.39. The van der Waals surface area contributed by atoms with Crippen LogP contribution in [0.2, 0.25) is 6.04 Å². The van der Waals surface area contributed by atoms with Crippen LogP contribution in [0.1, 0.15) is 20.3 Å². The minimum Gasteiger partial charge on any atom is -0.469 e. The van der Waals surface area contributed by atoms with Crippen molar-refractivity contribution < 1.29 is 9.47 Å². The topological polar surface area (TPSA) is 30.5 Å². The molecule has 0 aliphatic carbocycles. The van der Waals surface area contributed by atoms with E-state index in [1.54, 1.807) is 14.2 Å². The first-order valence-electron chi connectivity index (χ1n) is 4.68. The first kappa shape index (κ1) is 12.5. The van der Waals surface area contributed by atoms with E-state index in [1.165, 1.54) is 19.0 Å². The third-order valence-corrected chi connectivity index (χ3v) is 3.30. The molecule has 1 saturated heterocycles. The van der Waals surface area contributed by atoms with Crippen LogP contribution in [0.25, 0.3) is 0 Å². The normalized spacial score (nSPS) is 16.0. The Hall–Kier alpha value is -0.483. The van der Waals surface area contributed by atoms with Crippen LogP contribution in [0.15, 0.2) is 11.5 Å². The van der Waals surface area contributed by atoms with E-state index in [2.05, 4.69) is 4.98 Å². The molecule has 78 valence electrons. The van der Waals surface area contributed by atoms with Crippen molar-refractivity contribution in [2.45, 2.75) is 26.3 Å². The summed E-state index contributed by atoms with van der Waals surface area (Å²) in [6.07, 6.45) is 1.45. The highest BCUT2D eigenvalue weighted by Gasteiger charge is 1.94. The van der Waals surface area contributed by atoms with Crippen LogP contribution in [-0.2, 0) is 9.47 Å². The van der Waals surface area contributed by atoms with Gasteiger partial charge < -0.3 is 14.5 Å². The molecule has 1 rings (SSSR count). The average molecular weight is 203 g/mol. The van der Waals surface area contributed by atoms with Crippen molar-refractivity contribution in [3.05, 3.63) is 11.5 Å². The maximum absolute atomic E-state index is 4.82. The average Bonchev–Trinajstić information content (AvgIpc) is 2.62. The smallest absolute Gasteiger partial charge is 0.277 e. The predicted molar refractivity (Wildman–Crippen MR) is 58.4 cm³/mol. The fourth-order valence-electron chi connectivity index (χ4n) is 1.12. The first-order chi connectivity index (χ1) is 6.22. The van der Waals surface area contributed by atoms with Gasteiger partial charge in [0.05, 0.1) is 23.9 Å². The predicted octanol–water partition coefficient (Wildman–Crippen LogP) is 1.01. The number of allylic oxidation sites excluding steroid dienone is 1. The van der Waals surface area contributed by atoms with E-state index in [0.29, 0.717) is 15.6 Å². The van der Waals surface area contributed by atoms with Gasteiger partial charge in [-0.2, -0.15) is 0 Å². The molecule has 0 bridgehead atoms. The van der Waals surface area contributed by atoms with E-state index in [-0.39, 0.29) is 0 Å². The van der Waals surface area contributed by atoms with Gasteiger partial charge in [-0.05, 0) is 32.9 Å². The zero-order valence-corrected chi connectivity index (χ0v) is 10.6. The maximum atomic E-state index is 4.82. The summed E-state index contributed by atoms with van der Waals surface area (Å²) in [5, 5.41) is 0. The number of hydrogen-bond acceptors (Lipinski definition) is 3. The number of ether oxygens (including phenoxy) is 2. The van der Waals surface area contributed by atoms with Gasteiger partial charge in [0.2, 0.25) is 0 Å². The minimum atomic E-state index is 0.293. The Morgan fingerprint density at radius 1 is 1.23 bits per heavy atom. The lowest BCUT2D eigenvalue weighted by Crippen LogP contribution is -2.07. The third-order valence-electron chi connectivity index (χ3n) is 1.74. The molecule has 3 nitrogen and oxygen atoms in total. The largest absolute Gasteiger partial charge is 0.469 e. The summed E-state index contributed by atoms with van der Waals surface area (Å²) in [5.74, 6) is 0.602. The zero-order valence-electron chi connectivity index (χ0n) is 9.14. The van der Waals surface area contributed by atoms with E-state index >= 15 is 0 Å². The van der Waals surface area contributed by atoms with Gasteiger partial charge in [-0.1, -0.05) is 0 Å². The SMILES string of the molecule is C1CN[SiH2]C1.COC(OC)=C(C)C. The highest BCUT2D eigenvalue weighted by atomic mass is 28.2. The summed E-state index contributed by atoms with van der Waals surface area (Å²) < 4.78 is 9.64. The second-order valence-corrected chi connectivity index (χ2v) is 4.86. The van der Waals surface area contributed by atoms with Crippen LogP contribution in [0.5, 0.6) is 0 Å². The Labute approximate surface area is 83.4 Å². The van der Waals surface area contributed by atoms with Crippen LogP contribution in [0.4, 0.5) is 0 Å². The molecule has 0 unspecified atom stereocenters. The lowest BCUT2D eigenvalue weighted by atomic mass is 10.4. The molecule has 0 atom stereocenters. The van der Waals surface area contributed by atoms with Crippen LogP contribution < -0.4 is 4.98 Å². The highest BCUT2D eigenvalue weighted by molar-refractivity contribution is 6.33. The molecule has 0 spiro atoms. The second kappa shape index (κ2) is 8.13. The van der Waals surface area contributed by atoms with Crippen molar-refractivity contribution in [2.75, 3.05) is 20.8 Å². The molecule has 0 aromatic carbocycles. The van der Waals surface area contributed by atoms with Gasteiger partial charge in [0.15, 0.2) is 0 Å². The molecule has 13 heavy (non-hydrogen) atoms. The molecule has 1 heterocycles. The minimum absolute atomic E-state index is 0.293. The number of hydrogen-bond donors (Lipinski definition) is 1. The lowest BCUT2D eigenvalue weighted by Gasteiger charge is -2.03. The number of rotatable bonds is 2. The zero-order chi connectivity index (χ0) is 10.1. The fourth-order valence-corrected chi connectivity index (χ4v) is 2.37. The van der Waals surface area contributed by atoms with Gasteiger partial charge in [0.25, 0.3) is 5.95 Å². The Bertz CT molecular complexity index is 138. The monoisotopic (exact) mass is 203 g/mol. The second-order valence-electron chi connectivity index (χ2n) is 3.15. The molecule has 0 aromatic heterocycles. The molecule has 0 radical (unpaired) electrons. The van der Waals surface area contributed by atoms with E-state index < -0.39 is 0 Å². The molecule has 1 N–H and O–H groups in total. The maximum Gasteiger partial charge on any atom is 0.277 e. The molecule has 4 heteroatoms. The van der Waals surface area contributed by atoms with Gasteiger partial charge in [0, 0.05) is 5.57 Å². The molecule has 0 aromatic rings. The molecule has 1 aliphatic rings. The van der Waals surface area contributed by atoms with E-state index in [4.69, 9.17) is 9.47 Å². The quantitative estimate of drug-likeness (QED) is 0.537. The van der Waals surface area contributed by atoms with E-state index in [9.17, 15) is 0 Å². The summed E-state index contributed by atoms with van der Waals surface area (Å²) in [6, 6.07) is 1.53. The van der Waals surface area contributed by atoms with Crippen LogP contribution in [-0.4, -0.2) is 30.4 Å². The molecule has 0 saturated carbocycles. The molecular formula is C9H21NO2Si. The fraction of sp³-hybridized carbons (Fsp3) is 0.778. The van der Waals surface area contributed by atoms with Gasteiger partial charge in [-0.3, -0.25) is 0 Å². The summed E-state index contributed by atoms with van der Waals surface area (Å²) in [7, 11) is 3.47. The molecule has 0 amide bonds. The van der Waals surface area contributed by atoms with Gasteiger partial charge in [0.1, 0.15) is 0 Å². The summed E-state index contributed by atoms with van der Waals surface area (Å²) in [5.41, 5.74) is 1.05. The Morgan fingerprint density at radius 3 is 1.92 bits per heavy atom. The summed E-state index contributed by atoms with van der Waals surface area (Å²) in [4.78, 5) is 3.36. The highest BCUT2D eigenvalue weighted by Crippen LogP contribution is 2.02. The Kier molecular flexibility index (Phi) is 7.83. The van der Waals surface area contributed by atoms with E-state index in [1.807, 2.05) is 13.8 Å². The van der Waals surface area contributed by atoms with Crippen LogP contribution in [0.3, 0.4) is 0 Å². The molecule has 1 aliphatic heterocycles. The van der Waals surface area contributed by atoms with Crippen molar-refractivity contribution >= 4 is 9.68 Å². The van der Waals surface area contributed by atoms with Crippen molar-refractivity contribution in [3.8, 4) is 0 Å². The van der Waals surface area contributed by atoms with Gasteiger partial charge in [-0.15, -0.1) is 0 Å². The summed E-state index contributed by atoms with van der Waals surface area (Å²) >= 11 is 0. The lowest BCUT2D eigenvalue weighted by molar-refractivity contribution is 0.0910. The van der Waals surface area contributed by atoms with Gasteiger partial charge in [-0.25, -0.2) is 0 Å². The van der Waals surface area contributed by atoms with Crippen molar-refractivity contribution in [2.24, 2.45) is 0 Å².